The molecule has 2 atom stereocenters. The molecule has 0 unspecified atom stereocenters. The van der Waals surface area contributed by atoms with Gasteiger partial charge in [0.2, 0.25) is 0 Å². The van der Waals surface area contributed by atoms with E-state index in [1.807, 2.05) is 40.6 Å². The van der Waals surface area contributed by atoms with Gasteiger partial charge in [0, 0.05) is 51.2 Å². The second kappa shape index (κ2) is 6.77. The summed E-state index contributed by atoms with van der Waals surface area (Å²) in [5.41, 5.74) is 2.48. The predicted octanol–water partition coefficient (Wildman–Crippen LogP) is 1.83. The van der Waals surface area contributed by atoms with Crippen LogP contribution in [0.3, 0.4) is 0 Å². The average molecular weight is 342 g/mol. The van der Waals surface area contributed by atoms with Crippen LogP contribution in [0.2, 0.25) is 0 Å². The number of ether oxygens (including phenoxy) is 1. The van der Waals surface area contributed by atoms with E-state index in [4.69, 9.17) is 4.74 Å². The van der Waals surface area contributed by atoms with Crippen molar-refractivity contribution in [3.05, 3.63) is 35.8 Å². The van der Waals surface area contributed by atoms with Gasteiger partial charge in [0.05, 0.1) is 6.61 Å². The molecule has 0 spiro atoms. The third-order valence-corrected chi connectivity index (χ3v) is 5.61. The molecule has 0 saturated carbocycles. The number of hydrogen-bond acceptors (Lipinski definition) is 4. The molecule has 3 saturated heterocycles. The molecule has 3 fully saturated rings. The highest BCUT2D eigenvalue weighted by Gasteiger charge is 2.36. The number of piperidine rings is 1. The summed E-state index contributed by atoms with van der Waals surface area (Å²) in [4.78, 5) is 22.2. The van der Waals surface area contributed by atoms with E-state index in [1.54, 1.807) is 7.11 Å². The topological polar surface area (TPSA) is 50.1 Å². The van der Waals surface area contributed by atoms with Gasteiger partial charge in [-0.15, -0.1) is 0 Å². The van der Waals surface area contributed by atoms with Gasteiger partial charge in [-0.05, 0) is 37.8 Å². The van der Waals surface area contributed by atoms with Crippen LogP contribution in [0.4, 0.5) is 0 Å². The van der Waals surface area contributed by atoms with E-state index in [2.05, 4.69) is 9.88 Å². The Morgan fingerprint density at radius 1 is 1.28 bits per heavy atom. The van der Waals surface area contributed by atoms with Gasteiger partial charge >= 0.3 is 0 Å². The maximum Gasteiger partial charge on any atom is 0.274 e. The van der Waals surface area contributed by atoms with Gasteiger partial charge < -0.3 is 14.0 Å². The third-order valence-electron chi connectivity index (χ3n) is 5.61. The van der Waals surface area contributed by atoms with E-state index >= 15 is 0 Å². The van der Waals surface area contributed by atoms with Gasteiger partial charge in [-0.3, -0.25) is 9.69 Å². The van der Waals surface area contributed by atoms with E-state index in [9.17, 15) is 4.79 Å². The van der Waals surface area contributed by atoms with E-state index in [0.29, 0.717) is 17.7 Å². The van der Waals surface area contributed by atoms with Crippen LogP contribution < -0.4 is 0 Å². The molecule has 6 nitrogen and oxygen atoms in total. The molecule has 0 radical (unpaired) electrons. The zero-order chi connectivity index (χ0) is 17.4. The molecule has 0 aliphatic carbocycles. The molecular formula is C19H26N4O2. The number of methoxy groups -OCH3 is 1. The van der Waals surface area contributed by atoms with Crippen LogP contribution >= 0.6 is 0 Å². The first kappa shape index (κ1) is 16.5. The Kier molecular flexibility index (Phi) is 4.48. The van der Waals surface area contributed by atoms with Crippen molar-refractivity contribution in [2.24, 2.45) is 5.92 Å². The number of nitrogens with zero attached hydrogens (tertiary/aromatic N) is 4. The van der Waals surface area contributed by atoms with Gasteiger partial charge in [-0.25, -0.2) is 4.98 Å². The summed E-state index contributed by atoms with van der Waals surface area (Å²) >= 11 is 0. The monoisotopic (exact) mass is 342 g/mol. The summed E-state index contributed by atoms with van der Waals surface area (Å²) in [6, 6.07) is 6.40. The summed E-state index contributed by atoms with van der Waals surface area (Å²) in [5, 5.41) is 0. The van der Waals surface area contributed by atoms with E-state index < -0.39 is 0 Å². The summed E-state index contributed by atoms with van der Waals surface area (Å²) in [6.45, 7) is 6.44. The largest absolute Gasteiger partial charge is 0.383 e. The first-order valence-electron chi connectivity index (χ1n) is 9.12. The molecule has 2 aromatic heterocycles. The number of rotatable bonds is 4. The van der Waals surface area contributed by atoms with Crippen LogP contribution in [0.1, 0.15) is 29.0 Å². The molecule has 3 aliphatic heterocycles. The molecule has 2 bridgehead atoms. The lowest BCUT2D eigenvalue weighted by Gasteiger charge is -2.35. The maximum absolute atomic E-state index is 13.1. The van der Waals surface area contributed by atoms with E-state index in [0.717, 1.165) is 44.1 Å². The molecule has 134 valence electrons. The molecule has 6 heteroatoms. The smallest absolute Gasteiger partial charge is 0.274 e. The number of amides is 1. The number of fused-ring (bicyclic) bond motifs is 5. The van der Waals surface area contributed by atoms with Gasteiger partial charge in [0.25, 0.3) is 5.91 Å². The van der Waals surface area contributed by atoms with Gasteiger partial charge in [-0.1, -0.05) is 6.07 Å². The van der Waals surface area contributed by atoms with Crippen molar-refractivity contribution >= 4 is 11.6 Å². The zero-order valence-corrected chi connectivity index (χ0v) is 15.0. The molecule has 5 rings (SSSR count). The molecule has 3 aliphatic rings. The summed E-state index contributed by atoms with van der Waals surface area (Å²) in [5.74, 6) is 0.618. The Hall–Kier alpha value is -1.92. The number of aryl methyl sites for hydroxylation is 1. The minimum absolute atomic E-state index is 0.0635. The minimum atomic E-state index is 0.0635. The first-order valence-corrected chi connectivity index (χ1v) is 9.12. The normalized spacial score (nSPS) is 24.0. The lowest BCUT2D eigenvalue weighted by atomic mass is 9.95. The van der Waals surface area contributed by atoms with Crippen molar-refractivity contribution in [2.45, 2.75) is 25.8 Å². The fraction of sp³-hybridized carbons (Fsp3) is 0.579. The summed E-state index contributed by atoms with van der Waals surface area (Å²) in [7, 11) is 1.75. The standard InChI is InChI=1S/C19H26N4O2/c1-14-4-3-5-18-20-17(13-23(14)18)19(24)22-11-15-6-7-16(12-22)21(10-15)8-9-25-2/h3-5,13,15-16H,6-12H2,1-2H3/t15-,16-/m0/s1. The van der Waals surface area contributed by atoms with E-state index in [1.165, 1.54) is 12.8 Å². The first-order chi connectivity index (χ1) is 12.2. The van der Waals surface area contributed by atoms with Crippen LogP contribution in [0.15, 0.2) is 24.4 Å². The summed E-state index contributed by atoms with van der Waals surface area (Å²) in [6.07, 6.45) is 4.26. The highest BCUT2D eigenvalue weighted by atomic mass is 16.5. The Morgan fingerprint density at radius 3 is 2.96 bits per heavy atom. The molecule has 0 aromatic carbocycles. The summed E-state index contributed by atoms with van der Waals surface area (Å²) < 4.78 is 7.24. The average Bonchev–Trinajstić information content (AvgIpc) is 2.85. The Bertz CT molecular complexity index is 772. The third kappa shape index (κ3) is 3.16. The highest BCUT2D eigenvalue weighted by Crippen LogP contribution is 2.28. The van der Waals surface area contributed by atoms with Crippen molar-refractivity contribution in [3.8, 4) is 0 Å². The lowest BCUT2D eigenvalue weighted by Crippen LogP contribution is -2.45. The molecular weight excluding hydrogens is 316 g/mol. The molecule has 5 heterocycles. The van der Waals surface area contributed by atoms with Gasteiger partial charge in [-0.2, -0.15) is 0 Å². The van der Waals surface area contributed by atoms with Crippen molar-refractivity contribution in [1.29, 1.82) is 0 Å². The molecule has 2 aromatic rings. The van der Waals surface area contributed by atoms with Gasteiger partial charge in [0.1, 0.15) is 11.3 Å². The predicted molar refractivity (Wildman–Crippen MR) is 95.8 cm³/mol. The Balaban J connectivity index is 1.55. The number of pyridine rings is 1. The van der Waals surface area contributed by atoms with Crippen molar-refractivity contribution in [3.63, 3.8) is 0 Å². The SMILES string of the molecule is COCCN1C[C@@H]2CC[C@H]1CN(C(=O)c1cn3c(C)cccc3n1)C2. The van der Waals surface area contributed by atoms with Crippen LogP contribution in [0.5, 0.6) is 0 Å². The fourth-order valence-electron chi connectivity index (χ4n) is 4.24. The maximum atomic E-state index is 13.1. The Labute approximate surface area is 148 Å². The van der Waals surface area contributed by atoms with Gasteiger partial charge in [0.15, 0.2) is 0 Å². The number of carbonyl (C=O) groups is 1. The number of carbonyl (C=O) groups excluding carboxylic acids is 1. The minimum Gasteiger partial charge on any atom is -0.383 e. The number of imidazole rings is 1. The van der Waals surface area contributed by atoms with Crippen LogP contribution in [0, 0.1) is 12.8 Å². The lowest BCUT2D eigenvalue weighted by molar-refractivity contribution is 0.0713. The molecule has 25 heavy (non-hydrogen) atoms. The quantitative estimate of drug-likeness (QED) is 0.851. The van der Waals surface area contributed by atoms with E-state index in [-0.39, 0.29) is 5.91 Å². The molecule has 0 N–H and O–H groups in total. The van der Waals surface area contributed by atoms with Crippen molar-refractivity contribution in [1.82, 2.24) is 19.2 Å². The molecule has 1 amide bonds. The second-order valence-electron chi connectivity index (χ2n) is 7.32. The fourth-order valence-corrected chi connectivity index (χ4v) is 4.24. The Morgan fingerprint density at radius 2 is 2.16 bits per heavy atom. The van der Waals surface area contributed by atoms with Crippen molar-refractivity contribution < 1.29 is 9.53 Å². The second-order valence-corrected chi connectivity index (χ2v) is 7.32. The highest BCUT2D eigenvalue weighted by molar-refractivity contribution is 5.93. The number of hydrogen-bond donors (Lipinski definition) is 0. The van der Waals surface area contributed by atoms with Crippen LogP contribution in [-0.4, -0.2) is 71.0 Å². The van der Waals surface area contributed by atoms with Crippen LogP contribution in [0.25, 0.3) is 5.65 Å². The van der Waals surface area contributed by atoms with Crippen LogP contribution in [-0.2, 0) is 4.74 Å². The number of aromatic nitrogens is 2. The zero-order valence-electron chi connectivity index (χ0n) is 15.0. The van der Waals surface area contributed by atoms with Crippen molar-refractivity contribution in [2.75, 3.05) is 39.9 Å².